The van der Waals surface area contributed by atoms with Crippen molar-refractivity contribution in [2.45, 2.75) is 20.0 Å². The maximum Gasteiger partial charge on any atom is 0.258 e. The minimum Gasteiger partial charge on any atom is -0.484 e. The third-order valence-electron chi connectivity index (χ3n) is 2.29. The first-order valence-electron chi connectivity index (χ1n) is 5.98. The van der Waals surface area contributed by atoms with Crippen molar-refractivity contribution in [3.8, 4) is 5.75 Å². The van der Waals surface area contributed by atoms with Gasteiger partial charge in [-0.05, 0) is 38.1 Å². The summed E-state index contributed by atoms with van der Waals surface area (Å²) in [6, 6.07) is 6.91. The zero-order valence-electron chi connectivity index (χ0n) is 10.8. The van der Waals surface area contributed by atoms with Crippen molar-refractivity contribution in [2.75, 3.05) is 25.5 Å². The lowest BCUT2D eigenvalue weighted by atomic mass is 10.3. The van der Waals surface area contributed by atoms with Crippen LogP contribution >= 0.6 is 0 Å². The molecule has 1 aromatic rings. The highest BCUT2D eigenvalue weighted by atomic mass is 16.5. The molecule has 1 atom stereocenters. The topological polar surface area (TPSA) is 73.6 Å². The van der Waals surface area contributed by atoms with Gasteiger partial charge in [0.1, 0.15) is 5.75 Å². The van der Waals surface area contributed by atoms with Crippen LogP contribution in [-0.2, 0) is 9.53 Å². The van der Waals surface area contributed by atoms with Crippen LogP contribution in [0.15, 0.2) is 24.3 Å². The van der Waals surface area contributed by atoms with Crippen LogP contribution in [0.3, 0.4) is 0 Å². The SMILES string of the molecule is CCOC(C)CNC(=O)COc1ccc(N)cc1. The molecule has 0 aliphatic heterocycles. The van der Waals surface area contributed by atoms with E-state index in [9.17, 15) is 4.79 Å². The van der Waals surface area contributed by atoms with Gasteiger partial charge in [-0.2, -0.15) is 0 Å². The van der Waals surface area contributed by atoms with Gasteiger partial charge in [0.15, 0.2) is 6.61 Å². The number of nitrogens with one attached hydrogen (secondary N) is 1. The van der Waals surface area contributed by atoms with Crippen LogP contribution in [0.1, 0.15) is 13.8 Å². The predicted octanol–water partition coefficient (Wildman–Crippen LogP) is 1.19. The molecule has 0 aromatic heterocycles. The number of anilines is 1. The fourth-order valence-electron chi connectivity index (χ4n) is 1.36. The zero-order chi connectivity index (χ0) is 13.4. The van der Waals surface area contributed by atoms with Gasteiger partial charge in [0, 0.05) is 18.8 Å². The summed E-state index contributed by atoms with van der Waals surface area (Å²) in [6.07, 6.45) is 0.00970. The Hall–Kier alpha value is -1.75. The molecule has 0 saturated carbocycles. The molecular formula is C13H20N2O3. The number of ether oxygens (including phenoxy) is 2. The third-order valence-corrected chi connectivity index (χ3v) is 2.29. The van der Waals surface area contributed by atoms with Gasteiger partial charge in [0.2, 0.25) is 0 Å². The molecular weight excluding hydrogens is 232 g/mol. The van der Waals surface area contributed by atoms with Gasteiger partial charge >= 0.3 is 0 Å². The zero-order valence-corrected chi connectivity index (χ0v) is 10.8. The second-order valence-corrected chi connectivity index (χ2v) is 3.93. The molecule has 3 N–H and O–H groups in total. The summed E-state index contributed by atoms with van der Waals surface area (Å²) in [6.45, 7) is 4.94. The lowest BCUT2D eigenvalue weighted by molar-refractivity contribution is -0.123. The molecule has 0 heterocycles. The average Bonchev–Trinajstić information content (AvgIpc) is 2.36. The number of carbonyl (C=O) groups is 1. The average molecular weight is 252 g/mol. The van der Waals surface area contributed by atoms with E-state index in [1.54, 1.807) is 24.3 Å². The molecule has 5 nitrogen and oxygen atoms in total. The first-order chi connectivity index (χ1) is 8.61. The molecule has 0 saturated heterocycles. The number of amides is 1. The van der Waals surface area contributed by atoms with E-state index in [0.717, 1.165) is 0 Å². The molecule has 0 fully saturated rings. The highest BCUT2D eigenvalue weighted by Crippen LogP contribution is 2.12. The van der Waals surface area contributed by atoms with E-state index < -0.39 is 0 Å². The standard InChI is InChI=1S/C13H20N2O3/c1-3-17-10(2)8-15-13(16)9-18-12-6-4-11(14)5-7-12/h4-7,10H,3,8-9,14H2,1-2H3,(H,15,16). The largest absolute Gasteiger partial charge is 0.484 e. The number of carbonyl (C=O) groups excluding carboxylic acids is 1. The van der Waals surface area contributed by atoms with Gasteiger partial charge in [-0.3, -0.25) is 4.79 Å². The first kappa shape index (κ1) is 14.3. The van der Waals surface area contributed by atoms with Gasteiger partial charge in [-0.15, -0.1) is 0 Å². The Bertz CT molecular complexity index is 365. The van der Waals surface area contributed by atoms with Crippen molar-refractivity contribution in [3.05, 3.63) is 24.3 Å². The molecule has 0 bridgehead atoms. The van der Waals surface area contributed by atoms with E-state index in [0.29, 0.717) is 24.6 Å². The van der Waals surface area contributed by atoms with Crippen LogP contribution < -0.4 is 15.8 Å². The van der Waals surface area contributed by atoms with Gasteiger partial charge in [-0.1, -0.05) is 0 Å². The molecule has 100 valence electrons. The fourth-order valence-corrected chi connectivity index (χ4v) is 1.36. The molecule has 1 rings (SSSR count). The fraction of sp³-hybridized carbons (Fsp3) is 0.462. The Balaban J connectivity index is 2.22. The van der Waals surface area contributed by atoms with E-state index in [1.807, 2.05) is 13.8 Å². The van der Waals surface area contributed by atoms with Crippen molar-refractivity contribution in [1.82, 2.24) is 5.32 Å². The lowest BCUT2D eigenvalue weighted by Crippen LogP contribution is -2.35. The van der Waals surface area contributed by atoms with Crippen LogP contribution in [-0.4, -0.2) is 31.8 Å². The van der Waals surface area contributed by atoms with Crippen LogP contribution in [0, 0.1) is 0 Å². The molecule has 0 aliphatic carbocycles. The minimum absolute atomic E-state index is 0.00970. The van der Waals surface area contributed by atoms with Crippen LogP contribution in [0.5, 0.6) is 5.75 Å². The molecule has 1 unspecified atom stereocenters. The van der Waals surface area contributed by atoms with Gasteiger partial charge in [0.05, 0.1) is 6.10 Å². The van der Waals surface area contributed by atoms with E-state index >= 15 is 0 Å². The van der Waals surface area contributed by atoms with E-state index in [2.05, 4.69) is 5.32 Å². The summed E-state index contributed by atoms with van der Waals surface area (Å²) in [5, 5.41) is 2.74. The van der Waals surface area contributed by atoms with E-state index in [1.165, 1.54) is 0 Å². The molecule has 1 amide bonds. The van der Waals surface area contributed by atoms with Gasteiger partial charge in [0.25, 0.3) is 5.91 Å². The molecule has 5 heteroatoms. The second kappa shape index (κ2) is 7.55. The number of nitrogen functional groups attached to an aromatic ring is 1. The van der Waals surface area contributed by atoms with Crippen LogP contribution in [0.2, 0.25) is 0 Å². The molecule has 1 aromatic carbocycles. The summed E-state index contributed by atoms with van der Waals surface area (Å²) < 4.78 is 10.6. The Kier molecular flexibility index (Phi) is 6.00. The maximum atomic E-state index is 11.5. The summed E-state index contributed by atoms with van der Waals surface area (Å²) in [4.78, 5) is 11.5. The first-order valence-corrected chi connectivity index (χ1v) is 5.98. The van der Waals surface area contributed by atoms with E-state index in [4.69, 9.17) is 15.2 Å². The molecule has 0 aliphatic rings. The molecule has 0 spiro atoms. The summed E-state index contributed by atoms with van der Waals surface area (Å²) in [7, 11) is 0. The monoisotopic (exact) mass is 252 g/mol. The highest BCUT2D eigenvalue weighted by Gasteiger charge is 2.05. The quantitative estimate of drug-likeness (QED) is 0.715. The molecule has 18 heavy (non-hydrogen) atoms. The normalized spacial score (nSPS) is 11.9. The Labute approximate surface area is 107 Å². The number of benzene rings is 1. The van der Waals surface area contributed by atoms with Crippen LogP contribution in [0.25, 0.3) is 0 Å². The Morgan fingerprint density at radius 3 is 2.67 bits per heavy atom. The highest BCUT2D eigenvalue weighted by molar-refractivity contribution is 5.77. The summed E-state index contributed by atoms with van der Waals surface area (Å²) >= 11 is 0. The minimum atomic E-state index is -0.168. The van der Waals surface area contributed by atoms with Crippen molar-refractivity contribution < 1.29 is 14.3 Å². The third kappa shape index (κ3) is 5.54. The number of nitrogens with two attached hydrogens (primary N) is 1. The molecule has 0 radical (unpaired) electrons. The number of hydrogen-bond donors (Lipinski definition) is 2. The van der Waals surface area contributed by atoms with Crippen molar-refractivity contribution in [3.63, 3.8) is 0 Å². The summed E-state index contributed by atoms with van der Waals surface area (Å²) in [5.41, 5.74) is 6.21. The van der Waals surface area contributed by atoms with Gasteiger partial charge in [-0.25, -0.2) is 0 Å². The van der Waals surface area contributed by atoms with Crippen molar-refractivity contribution in [2.24, 2.45) is 0 Å². The van der Waals surface area contributed by atoms with Crippen molar-refractivity contribution >= 4 is 11.6 Å². The van der Waals surface area contributed by atoms with Crippen molar-refractivity contribution in [1.29, 1.82) is 0 Å². The predicted molar refractivity (Wildman–Crippen MR) is 70.4 cm³/mol. The lowest BCUT2D eigenvalue weighted by Gasteiger charge is -2.12. The van der Waals surface area contributed by atoms with Gasteiger partial charge < -0.3 is 20.5 Å². The number of hydrogen-bond acceptors (Lipinski definition) is 4. The number of rotatable bonds is 7. The Morgan fingerprint density at radius 2 is 2.06 bits per heavy atom. The van der Waals surface area contributed by atoms with Crippen LogP contribution in [0.4, 0.5) is 5.69 Å². The Morgan fingerprint density at radius 1 is 1.39 bits per heavy atom. The van der Waals surface area contributed by atoms with E-state index in [-0.39, 0.29) is 18.6 Å². The smallest absolute Gasteiger partial charge is 0.258 e. The summed E-state index contributed by atoms with van der Waals surface area (Å²) in [5.74, 6) is 0.454. The maximum absolute atomic E-state index is 11.5. The second-order valence-electron chi connectivity index (χ2n) is 3.93.